The van der Waals surface area contributed by atoms with Gasteiger partial charge in [-0.1, -0.05) is 24.3 Å². The summed E-state index contributed by atoms with van der Waals surface area (Å²) in [6, 6.07) is 11.9. The van der Waals surface area contributed by atoms with Crippen LogP contribution in [0.15, 0.2) is 48.5 Å². The topological polar surface area (TPSA) is 63.4 Å². The van der Waals surface area contributed by atoms with Crippen LogP contribution < -0.4 is 0 Å². The number of halogens is 2. The Balaban J connectivity index is 2.06. The molecular weight excluding hydrogens is 347 g/mol. The molecule has 132 valence electrons. The number of hydrogen-bond donors (Lipinski definition) is 0. The van der Waals surface area contributed by atoms with E-state index < -0.39 is 4.92 Å². The van der Waals surface area contributed by atoms with Gasteiger partial charge in [0.05, 0.1) is 11.3 Å². The number of hydrogen-bond acceptors (Lipinski definition) is 3. The molecule has 1 amide bonds. The lowest BCUT2D eigenvalue weighted by Gasteiger charge is -2.22. The molecule has 0 radical (unpaired) electrons. The van der Waals surface area contributed by atoms with Crippen LogP contribution in [0.5, 0.6) is 0 Å². The molecule has 0 atom stereocenters. The van der Waals surface area contributed by atoms with Gasteiger partial charge in [0.2, 0.25) is 5.91 Å². The maximum absolute atomic E-state index is 13.0. The molecule has 0 bridgehead atoms. The summed E-state index contributed by atoms with van der Waals surface area (Å²) in [5.41, 5.74) is 1.51. The lowest BCUT2D eigenvalue weighted by atomic mass is 10.1. The summed E-state index contributed by atoms with van der Waals surface area (Å²) in [5.74, 6) is 0.00151. The minimum absolute atomic E-state index is 0.0125. The Morgan fingerprint density at radius 1 is 1.08 bits per heavy atom. The number of carbonyl (C=O) groups is 1. The number of rotatable bonds is 8. The minimum atomic E-state index is -0.479. The predicted molar refractivity (Wildman–Crippen MR) is 94.0 cm³/mol. The van der Waals surface area contributed by atoms with Gasteiger partial charge in [-0.2, -0.15) is 0 Å². The highest BCUT2D eigenvalue weighted by atomic mass is 35.5. The van der Waals surface area contributed by atoms with Crippen molar-refractivity contribution < 1.29 is 14.1 Å². The number of amides is 1. The quantitative estimate of drug-likeness (QED) is 0.405. The first kappa shape index (κ1) is 18.9. The Bertz CT molecular complexity index is 720. The highest BCUT2D eigenvalue weighted by Gasteiger charge is 2.15. The van der Waals surface area contributed by atoms with Crippen molar-refractivity contribution in [2.24, 2.45) is 0 Å². The maximum atomic E-state index is 13.0. The minimum Gasteiger partial charge on any atom is -0.338 e. The van der Waals surface area contributed by atoms with Gasteiger partial charge in [-0.25, -0.2) is 4.39 Å². The van der Waals surface area contributed by atoms with Crippen molar-refractivity contribution in [3.05, 3.63) is 75.6 Å². The third-order valence-corrected chi connectivity index (χ3v) is 3.97. The van der Waals surface area contributed by atoms with E-state index in [1.165, 1.54) is 24.3 Å². The van der Waals surface area contributed by atoms with E-state index in [2.05, 4.69) is 0 Å². The molecule has 2 rings (SSSR count). The average molecular weight is 365 g/mol. The largest absolute Gasteiger partial charge is 0.338 e. The highest BCUT2D eigenvalue weighted by molar-refractivity contribution is 6.17. The summed E-state index contributed by atoms with van der Waals surface area (Å²) in [4.78, 5) is 24.4. The van der Waals surface area contributed by atoms with Gasteiger partial charge >= 0.3 is 0 Å². The maximum Gasteiger partial charge on any atom is 0.269 e. The van der Waals surface area contributed by atoms with E-state index in [9.17, 15) is 19.3 Å². The fourth-order valence-corrected chi connectivity index (χ4v) is 2.49. The van der Waals surface area contributed by atoms with Gasteiger partial charge in [-0.05, 0) is 29.7 Å². The predicted octanol–water partition coefficient (Wildman–Crippen LogP) is 3.93. The van der Waals surface area contributed by atoms with Crippen LogP contribution in [-0.2, 0) is 17.8 Å². The van der Waals surface area contributed by atoms with Crippen molar-refractivity contribution in [1.29, 1.82) is 0 Å². The van der Waals surface area contributed by atoms with E-state index in [4.69, 9.17) is 11.6 Å². The van der Waals surface area contributed by atoms with Crippen LogP contribution in [0.3, 0.4) is 0 Å². The third kappa shape index (κ3) is 5.83. The fourth-order valence-electron chi connectivity index (χ4n) is 2.37. The Morgan fingerprint density at radius 2 is 1.68 bits per heavy atom. The van der Waals surface area contributed by atoms with Gasteiger partial charge in [0.1, 0.15) is 5.82 Å². The van der Waals surface area contributed by atoms with Crippen molar-refractivity contribution in [3.8, 4) is 0 Å². The standard InChI is InChI=1S/C18H18ClFN2O3/c19-10-1-11-21(13-15-2-6-16(20)7-3-15)18(23)12-14-4-8-17(9-5-14)22(24)25/h2-9H,1,10-13H2. The van der Waals surface area contributed by atoms with E-state index in [1.807, 2.05) is 0 Å². The van der Waals surface area contributed by atoms with Crippen LogP contribution in [0.4, 0.5) is 10.1 Å². The molecule has 0 saturated carbocycles. The van der Waals surface area contributed by atoms with E-state index in [0.717, 1.165) is 5.56 Å². The van der Waals surface area contributed by atoms with Crippen LogP contribution in [0.2, 0.25) is 0 Å². The van der Waals surface area contributed by atoms with E-state index in [0.29, 0.717) is 31.0 Å². The normalized spacial score (nSPS) is 10.5. The second-order valence-corrected chi connectivity index (χ2v) is 5.96. The van der Waals surface area contributed by atoms with E-state index in [1.54, 1.807) is 29.2 Å². The molecule has 2 aromatic carbocycles. The van der Waals surface area contributed by atoms with E-state index >= 15 is 0 Å². The van der Waals surface area contributed by atoms with Crippen LogP contribution >= 0.6 is 11.6 Å². The van der Waals surface area contributed by atoms with Crippen molar-refractivity contribution in [2.75, 3.05) is 12.4 Å². The van der Waals surface area contributed by atoms with Gasteiger partial charge in [-0.3, -0.25) is 14.9 Å². The number of nitrogens with zero attached hydrogens (tertiary/aromatic N) is 2. The smallest absolute Gasteiger partial charge is 0.269 e. The third-order valence-electron chi connectivity index (χ3n) is 3.70. The molecule has 5 nitrogen and oxygen atoms in total. The molecule has 7 heteroatoms. The molecule has 0 saturated heterocycles. The summed E-state index contributed by atoms with van der Waals surface area (Å²) < 4.78 is 13.0. The molecule has 0 aliphatic heterocycles. The average Bonchev–Trinajstić information content (AvgIpc) is 2.60. The summed E-state index contributed by atoms with van der Waals surface area (Å²) in [5, 5.41) is 10.7. The molecule has 0 aliphatic carbocycles. The summed E-state index contributed by atoms with van der Waals surface area (Å²) in [7, 11) is 0. The number of carbonyl (C=O) groups excluding carboxylic acids is 1. The zero-order valence-corrected chi connectivity index (χ0v) is 14.3. The molecular formula is C18H18ClFN2O3. The molecule has 0 fully saturated rings. The lowest BCUT2D eigenvalue weighted by molar-refractivity contribution is -0.384. The second kappa shape index (κ2) is 9.13. The van der Waals surface area contributed by atoms with Crippen molar-refractivity contribution in [2.45, 2.75) is 19.4 Å². The molecule has 0 unspecified atom stereocenters. The van der Waals surface area contributed by atoms with E-state index in [-0.39, 0.29) is 23.8 Å². The lowest BCUT2D eigenvalue weighted by Crippen LogP contribution is -2.33. The van der Waals surface area contributed by atoms with Crippen molar-refractivity contribution >= 4 is 23.2 Å². The first-order chi connectivity index (χ1) is 12.0. The second-order valence-electron chi connectivity index (χ2n) is 5.58. The number of nitro benzene ring substituents is 1. The summed E-state index contributed by atoms with van der Waals surface area (Å²) in [6.07, 6.45) is 0.788. The highest BCUT2D eigenvalue weighted by Crippen LogP contribution is 2.14. The molecule has 0 N–H and O–H groups in total. The SMILES string of the molecule is O=C(Cc1ccc([N+](=O)[O-])cc1)N(CCCCl)Cc1ccc(F)cc1. The van der Waals surface area contributed by atoms with Gasteiger partial charge in [0.15, 0.2) is 0 Å². The molecule has 0 aliphatic rings. The number of benzene rings is 2. The Kier molecular flexibility index (Phi) is 6.89. The number of alkyl halides is 1. The molecule has 0 spiro atoms. The Morgan fingerprint density at radius 3 is 2.24 bits per heavy atom. The molecule has 0 aromatic heterocycles. The van der Waals surface area contributed by atoms with Gasteiger partial charge in [-0.15, -0.1) is 11.6 Å². The summed E-state index contributed by atoms with van der Waals surface area (Å²) >= 11 is 5.73. The monoisotopic (exact) mass is 364 g/mol. The van der Waals surface area contributed by atoms with Crippen molar-refractivity contribution in [3.63, 3.8) is 0 Å². The first-order valence-electron chi connectivity index (χ1n) is 7.81. The fraction of sp³-hybridized carbons (Fsp3) is 0.278. The number of nitro groups is 1. The van der Waals surface area contributed by atoms with Gasteiger partial charge in [0, 0.05) is 31.1 Å². The Hall–Kier alpha value is -2.47. The summed E-state index contributed by atoms with van der Waals surface area (Å²) in [6.45, 7) is 0.857. The van der Waals surface area contributed by atoms with Crippen LogP contribution in [-0.4, -0.2) is 28.2 Å². The molecule has 0 heterocycles. The number of non-ortho nitro benzene ring substituents is 1. The Labute approximate surface area is 150 Å². The van der Waals surface area contributed by atoms with Crippen LogP contribution in [0.25, 0.3) is 0 Å². The van der Waals surface area contributed by atoms with Gasteiger partial charge < -0.3 is 4.90 Å². The van der Waals surface area contributed by atoms with Gasteiger partial charge in [0.25, 0.3) is 5.69 Å². The zero-order chi connectivity index (χ0) is 18.2. The molecule has 25 heavy (non-hydrogen) atoms. The first-order valence-corrected chi connectivity index (χ1v) is 8.34. The van der Waals surface area contributed by atoms with Crippen LogP contribution in [0.1, 0.15) is 17.5 Å². The van der Waals surface area contributed by atoms with Crippen LogP contribution in [0, 0.1) is 15.9 Å². The van der Waals surface area contributed by atoms with Crippen molar-refractivity contribution in [1.82, 2.24) is 4.90 Å². The molecule has 2 aromatic rings. The zero-order valence-electron chi connectivity index (χ0n) is 13.5.